The van der Waals surface area contributed by atoms with Crippen LogP contribution in [0.4, 0.5) is 5.95 Å². The molecule has 0 aromatic carbocycles. The highest BCUT2D eigenvalue weighted by molar-refractivity contribution is 5.56. The van der Waals surface area contributed by atoms with Gasteiger partial charge in [0.25, 0.3) is 5.56 Å². The van der Waals surface area contributed by atoms with Crippen molar-refractivity contribution in [2.75, 3.05) is 32.1 Å². The fraction of sp³-hybridized carbons (Fsp3) is 0.350. The molecule has 0 saturated carbocycles. The van der Waals surface area contributed by atoms with Gasteiger partial charge in [-0.3, -0.25) is 14.7 Å². The minimum atomic E-state index is -0.0658. The third kappa shape index (κ3) is 4.07. The molecule has 1 aliphatic heterocycles. The molecule has 4 rings (SSSR count). The summed E-state index contributed by atoms with van der Waals surface area (Å²) in [6.45, 7) is 3.32. The summed E-state index contributed by atoms with van der Waals surface area (Å²) in [5.74, 6) is 1.13. The zero-order chi connectivity index (χ0) is 19.5. The maximum atomic E-state index is 12.2. The molecule has 8 heteroatoms. The van der Waals surface area contributed by atoms with E-state index in [0.717, 1.165) is 36.5 Å². The Morgan fingerprint density at radius 1 is 1.07 bits per heavy atom. The van der Waals surface area contributed by atoms with Crippen molar-refractivity contribution in [3.8, 4) is 11.3 Å². The number of hydrogen-bond acceptors (Lipinski definition) is 7. The van der Waals surface area contributed by atoms with E-state index in [1.807, 2.05) is 43.5 Å². The summed E-state index contributed by atoms with van der Waals surface area (Å²) < 4.78 is 1.58. The van der Waals surface area contributed by atoms with Crippen LogP contribution in [0.5, 0.6) is 0 Å². The topological polar surface area (TPSA) is 80.0 Å². The Morgan fingerprint density at radius 2 is 1.79 bits per heavy atom. The van der Waals surface area contributed by atoms with Gasteiger partial charge in [-0.25, -0.2) is 14.6 Å². The van der Waals surface area contributed by atoms with Gasteiger partial charge in [-0.15, -0.1) is 0 Å². The average molecular weight is 377 g/mol. The lowest BCUT2D eigenvalue weighted by atomic mass is 9.99. The SMILES string of the molecule is CN(C)c1ncc(CN2CC(Cn3nc(-c4ccncc4)ccc3=O)C2)cn1. The summed E-state index contributed by atoms with van der Waals surface area (Å²) in [5.41, 5.74) is 2.78. The van der Waals surface area contributed by atoms with Crippen LogP contribution < -0.4 is 10.5 Å². The standard InChI is InChI=1S/C20H23N7O/c1-25(2)20-22-9-15(10-23-20)11-26-12-16(13-26)14-27-19(28)4-3-18(24-27)17-5-7-21-8-6-17/h3-10,16H,11-14H2,1-2H3. The maximum absolute atomic E-state index is 12.2. The van der Waals surface area contributed by atoms with Crippen molar-refractivity contribution in [1.82, 2.24) is 29.6 Å². The van der Waals surface area contributed by atoms with E-state index in [4.69, 9.17) is 0 Å². The van der Waals surface area contributed by atoms with Gasteiger partial charge in [0.15, 0.2) is 0 Å². The molecule has 144 valence electrons. The van der Waals surface area contributed by atoms with Crippen LogP contribution in [0.3, 0.4) is 0 Å². The van der Waals surface area contributed by atoms with Crippen LogP contribution in [0.2, 0.25) is 0 Å². The molecule has 0 unspecified atom stereocenters. The zero-order valence-electron chi connectivity index (χ0n) is 16.1. The molecular formula is C20H23N7O. The summed E-state index contributed by atoms with van der Waals surface area (Å²) in [5, 5.41) is 4.53. The summed E-state index contributed by atoms with van der Waals surface area (Å²) in [6.07, 6.45) is 7.20. The fourth-order valence-electron chi connectivity index (χ4n) is 3.34. The van der Waals surface area contributed by atoms with E-state index < -0.39 is 0 Å². The lowest BCUT2D eigenvalue weighted by Gasteiger charge is -2.39. The number of aromatic nitrogens is 5. The van der Waals surface area contributed by atoms with Crippen LogP contribution in [0.25, 0.3) is 11.3 Å². The Kier molecular flexibility index (Phi) is 5.12. The van der Waals surface area contributed by atoms with E-state index in [0.29, 0.717) is 18.4 Å². The van der Waals surface area contributed by atoms with Gasteiger partial charge in [-0.1, -0.05) is 0 Å². The Balaban J connectivity index is 1.35. The van der Waals surface area contributed by atoms with Gasteiger partial charge < -0.3 is 4.90 Å². The molecule has 0 N–H and O–H groups in total. The number of anilines is 1. The highest BCUT2D eigenvalue weighted by atomic mass is 16.1. The first-order valence-electron chi connectivity index (χ1n) is 9.27. The van der Waals surface area contributed by atoms with E-state index >= 15 is 0 Å². The predicted molar refractivity (Wildman–Crippen MR) is 107 cm³/mol. The predicted octanol–water partition coefficient (Wildman–Crippen LogP) is 1.29. The number of nitrogens with zero attached hydrogens (tertiary/aromatic N) is 7. The lowest BCUT2D eigenvalue weighted by Crippen LogP contribution is -2.48. The van der Waals surface area contributed by atoms with Crippen LogP contribution in [0, 0.1) is 5.92 Å². The van der Waals surface area contributed by atoms with Crippen LogP contribution in [-0.4, -0.2) is 56.8 Å². The second-order valence-corrected chi connectivity index (χ2v) is 7.32. The van der Waals surface area contributed by atoms with Crippen molar-refractivity contribution in [3.63, 3.8) is 0 Å². The lowest BCUT2D eigenvalue weighted by molar-refractivity contribution is 0.0765. The second kappa shape index (κ2) is 7.85. The first-order chi connectivity index (χ1) is 13.6. The Labute approximate surface area is 163 Å². The summed E-state index contributed by atoms with van der Waals surface area (Å²) >= 11 is 0. The van der Waals surface area contributed by atoms with Gasteiger partial charge in [0.05, 0.1) is 12.2 Å². The van der Waals surface area contributed by atoms with Crippen LogP contribution in [0.1, 0.15) is 5.56 Å². The van der Waals surface area contributed by atoms with Crippen LogP contribution in [0.15, 0.2) is 53.8 Å². The molecule has 0 radical (unpaired) electrons. The number of pyridine rings is 1. The Hall–Kier alpha value is -3.13. The molecule has 1 aliphatic rings. The Bertz CT molecular complexity index is 979. The molecule has 1 fully saturated rings. The highest BCUT2D eigenvalue weighted by Crippen LogP contribution is 2.20. The summed E-state index contributed by atoms with van der Waals surface area (Å²) in [7, 11) is 3.85. The van der Waals surface area contributed by atoms with Crippen molar-refractivity contribution in [3.05, 3.63) is 65.0 Å². The van der Waals surface area contributed by atoms with Gasteiger partial charge >= 0.3 is 0 Å². The third-order valence-electron chi connectivity index (χ3n) is 4.80. The third-order valence-corrected chi connectivity index (χ3v) is 4.80. The molecule has 0 atom stereocenters. The smallest absolute Gasteiger partial charge is 0.266 e. The molecular weight excluding hydrogens is 354 g/mol. The number of hydrogen-bond donors (Lipinski definition) is 0. The van der Waals surface area contributed by atoms with Crippen LogP contribution in [-0.2, 0) is 13.1 Å². The monoisotopic (exact) mass is 377 g/mol. The molecule has 0 amide bonds. The number of rotatable bonds is 6. The maximum Gasteiger partial charge on any atom is 0.266 e. The molecule has 1 saturated heterocycles. The molecule has 0 bridgehead atoms. The van der Waals surface area contributed by atoms with Gasteiger partial charge in [0, 0.05) is 81.6 Å². The minimum Gasteiger partial charge on any atom is -0.347 e. The van der Waals surface area contributed by atoms with E-state index in [9.17, 15) is 4.79 Å². The van der Waals surface area contributed by atoms with E-state index in [2.05, 4.69) is 25.0 Å². The fourth-order valence-corrected chi connectivity index (χ4v) is 3.34. The van der Waals surface area contributed by atoms with E-state index in [-0.39, 0.29) is 5.56 Å². The Morgan fingerprint density at radius 3 is 2.46 bits per heavy atom. The largest absolute Gasteiger partial charge is 0.347 e. The van der Waals surface area contributed by atoms with Gasteiger partial charge in [-0.05, 0) is 18.2 Å². The van der Waals surface area contributed by atoms with Gasteiger partial charge in [0.1, 0.15) is 0 Å². The van der Waals surface area contributed by atoms with Gasteiger partial charge in [-0.2, -0.15) is 5.10 Å². The zero-order valence-corrected chi connectivity index (χ0v) is 16.1. The van der Waals surface area contributed by atoms with Crippen molar-refractivity contribution in [2.45, 2.75) is 13.1 Å². The highest BCUT2D eigenvalue weighted by Gasteiger charge is 2.27. The van der Waals surface area contributed by atoms with E-state index in [1.165, 1.54) is 0 Å². The quantitative estimate of drug-likeness (QED) is 0.640. The molecule has 8 nitrogen and oxygen atoms in total. The average Bonchev–Trinajstić information content (AvgIpc) is 2.69. The van der Waals surface area contributed by atoms with Crippen molar-refractivity contribution >= 4 is 5.95 Å². The second-order valence-electron chi connectivity index (χ2n) is 7.32. The molecule has 4 heterocycles. The van der Waals surface area contributed by atoms with Crippen molar-refractivity contribution < 1.29 is 0 Å². The summed E-state index contributed by atoms with van der Waals surface area (Å²) in [6, 6.07) is 7.14. The van der Waals surface area contributed by atoms with Gasteiger partial charge in [0.2, 0.25) is 5.95 Å². The van der Waals surface area contributed by atoms with Crippen LogP contribution >= 0.6 is 0 Å². The first kappa shape index (κ1) is 18.2. The first-order valence-corrected chi connectivity index (χ1v) is 9.27. The molecule has 0 spiro atoms. The summed E-state index contributed by atoms with van der Waals surface area (Å²) in [4.78, 5) is 29.1. The number of likely N-dealkylation sites (tertiary alicyclic amines) is 1. The van der Waals surface area contributed by atoms with Crippen molar-refractivity contribution in [1.29, 1.82) is 0 Å². The molecule has 3 aromatic heterocycles. The van der Waals surface area contributed by atoms with Crippen molar-refractivity contribution in [2.24, 2.45) is 5.92 Å². The normalized spacial score (nSPS) is 14.6. The van der Waals surface area contributed by atoms with E-state index in [1.54, 1.807) is 29.2 Å². The molecule has 3 aromatic rings. The molecule has 0 aliphatic carbocycles. The minimum absolute atomic E-state index is 0.0658. The molecule has 28 heavy (non-hydrogen) atoms.